The normalized spacial score (nSPS) is 22.5. The zero-order chi connectivity index (χ0) is 13.0. The quantitative estimate of drug-likeness (QED) is 0.733. The van der Waals surface area contributed by atoms with Crippen LogP contribution in [-0.2, 0) is 4.79 Å². The molecule has 100 valence electrons. The topological polar surface area (TPSA) is 68.2 Å². The number of hydrogen-bond donors (Lipinski definition) is 2. The first-order chi connectivity index (χ1) is 8.69. The van der Waals surface area contributed by atoms with Crippen LogP contribution >= 0.6 is 0 Å². The molecule has 2 aliphatic rings. The van der Waals surface area contributed by atoms with Crippen LogP contribution in [0, 0.1) is 11.3 Å². The highest BCUT2D eigenvalue weighted by Crippen LogP contribution is 2.28. The van der Waals surface area contributed by atoms with Crippen LogP contribution in [-0.4, -0.2) is 48.6 Å². The number of rotatable bonds is 5. The molecule has 2 N–H and O–H groups in total. The maximum absolute atomic E-state index is 12.1. The smallest absolute Gasteiger partial charge is 0.235 e. The van der Waals surface area contributed by atoms with Gasteiger partial charge in [0.1, 0.15) is 5.54 Å². The van der Waals surface area contributed by atoms with E-state index in [1.54, 1.807) is 0 Å². The van der Waals surface area contributed by atoms with Crippen molar-refractivity contribution in [3.8, 4) is 6.07 Å². The second-order valence-corrected chi connectivity index (χ2v) is 5.32. The minimum Gasteiger partial charge on any atom is -0.337 e. The molecule has 1 heterocycles. The molecular formula is C13H22N4O. The van der Waals surface area contributed by atoms with Crippen LogP contribution < -0.4 is 10.6 Å². The number of nitrogens with zero attached hydrogens (tertiary/aromatic N) is 2. The average molecular weight is 250 g/mol. The van der Waals surface area contributed by atoms with Gasteiger partial charge in [-0.25, -0.2) is 0 Å². The van der Waals surface area contributed by atoms with Crippen molar-refractivity contribution >= 4 is 5.91 Å². The second kappa shape index (κ2) is 5.68. The van der Waals surface area contributed by atoms with Gasteiger partial charge in [-0.05, 0) is 32.2 Å². The van der Waals surface area contributed by atoms with Gasteiger partial charge in [0.05, 0.1) is 12.6 Å². The summed E-state index contributed by atoms with van der Waals surface area (Å²) in [6.07, 6.45) is 3.68. The molecule has 0 aromatic carbocycles. The van der Waals surface area contributed by atoms with Gasteiger partial charge in [0.15, 0.2) is 0 Å². The number of hydrogen-bond acceptors (Lipinski definition) is 4. The molecule has 5 heteroatoms. The Morgan fingerprint density at radius 2 is 2.17 bits per heavy atom. The summed E-state index contributed by atoms with van der Waals surface area (Å²) in [4.78, 5) is 14.2. The van der Waals surface area contributed by atoms with E-state index in [1.807, 2.05) is 0 Å². The number of amides is 1. The molecule has 1 aliphatic carbocycles. The highest BCUT2D eigenvalue weighted by Gasteiger charge is 2.36. The van der Waals surface area contributed by atoms with Crippen molar-refractivity contribution in [2.24, 2.45) is 0 Å². The molecule has 1 aliphatic heterocycles. The third-order valence-corrected chi connectivity index (χ3v) is 4.08. The third-order valence-electron chi connectivity index (χ3n) is 4.08. The Labute approximate surface area is 109 Å². The lowest BCUT2D eigenvalue weighted by molar-refractivity contribution is -0.124. The number of carbonyl (C=O) groups excluding carboxylic acids is 1. The lowest BCUT2D eigenvalue weighted by Crippen LogP contribution is -2.59. The van der Waals surface area contributed by atoms with Crippen molar-refractivity contribution in [2.75, 3.05) is 26.2 Å². The van der Waals surface area contributed by atoms with Crippen LogP contribution in [0.3, 0.4) is 0 Å². The van der Waals surface area contributed by atoms with Crippen LogP contribution in [0.15, 0.2) is 0 Å². The van der Waals surface area contributed by atoms with Crippen molar-refractivity contribution in [3.05, 3.63) is 0 Å². The van der Waals surface area contributed by atoms with E-state index in [4.69, 9.17) is 0 Å². The molecule has 1 saturated carbocycles. The molecule has 5 nitrogen and oxygen atoms in total. The Balaban J connectivity index is 1.85. The molecule has 0 spiro atoms. The molecule has 1 amide bonds. The van der Waals surface area contributed by atoms with Gasteiger partial charge in [0.2, 0.25) is 5.91 Å². The number of nitriles is 1. The Hall–Kier alpha value is -1.12. The van der Waals surface area contributed by atoms with Crippen molar-refractivity contribution < 1.29 is 4.79 Å². The van der Waals surface area contributed by atoms with Crippen molar-refractivity contribution in [1.29, 1.82) is 5.26 Å². The first-order valence-corrected chi connectivity index (χ1v) is 6.86. The molecule has 0 unspecified atom stereocenters. The minimum absolute atomic E-state index is 0.00722. The zero-order valence-corrected chi connectivity index (χ0v) is 11.0. The van der Waals surface area contributed by atoms with Gasteiger partial charge in [-0.2, -0.15) is 5.26 Å². The SMILES string of the molecule is CCN(CC(=O)NC1(C#N)CCCC1)C1CNC1. The van der Waals surface area contributed by atoms with Gasteiger partial charge in [-0.15, -0.1) is 0 Å². The lowest BCUT2D eigenvalue weighted by atomic mass is 10.00. The number of likely N-dealkylation sites (N-methyl/N-ethyl adjacent to an activating group) is 1. The Bertz CT molecular complexity index is 339. The van der Waals surface area contributed by atoms with E-state index in [-0.39, 0.29) is 5.91 Å². The third kappa shape index (κ3) is 2.82. The van der Waals surface area contributed by atoms with Crippen molar-refractivity contribution in [1.82, 2.24) is 15.5 Å². The van der Waals surface area contributed by atoms with Crippen LogP contribution in [0.25, 0.3) is 0 Å². The van der Waals surface area contributed by atoms with E-state index in [0.29, 0.717) is 12.6 Å². The standard InChI is InChI=1S/C13H22N4O/c1-2-17(11-7-15-8-11)9-12(18)16-13(10-14)5-3-4-6-13/h11,15H,2-9H2,1H3,(H,16,18). The molecule has 1 saturated heterocycles. The summed E-state index contributed by atoms with van der Waals surface area (Å²) in [5, 5.41) is 15.4. The fourth-order valence-corrected chi connectivity index (χ4v) is 2.76. The van der Waals surface area contributed by atoms with Crippen molar-refractivity contribution in [3.63, 3.8) is 0 Å². The van der Waals surface area contributed by atoms with Crippen molar-refractivity contribution in [2.45, 2.75) is 44.2 Å². The predicted molar refractivity (Wildman–Crippen MR) is 68.9 cm³/mol. The summed E-state index contributed by atoms with van der Waals surface area (Å²) >= 11 is 0. The largest absolute Gasteiger partial charge is 0.337 e. The monoisotopic (exact) mass is 250 g/mol. The Morgan fingerprint density at radius 3 is 2.61 bits per heavy atom. The molecule has 0 bridgehead atoms. The van der Waals surface area contributed by atoms with Gasteiger partial charge in [0, 0.05) is 19.1 Å². The first kappa shape index (κ1) is 13.3. The van der Waals surface area contributed by atoms with E-state index in [0.717, 1.165) is 45.3 Å². The van der Waals surface area contributed by atoms with E-state index in [9.17, 15) is 10.1 Å². The lowest BCUT2D eigenvalue weighted by Gasteiger charge is -2.37. The Kier molecular flexibility index (Phi) is 4.20. The second-order valence-electron chi connectivity index (χ2n) is 5.32. The van der Waals surface area contributed by atoms with Crippen LogP contribution in [0.1, 0.15) is 32.6 Å². The number of nitrogens with one attached hydrogen (secondary N) is 2. The summed E-state index contributed by atoms with van der Waals surface area (Å²) in [7, 11) is 0. The first-order valence-electron chi connectivity index (χ1n) is 6.86. The molecule has 2 rings (SSSR count). The highest BCUT2D eigenvalue weighted by molar-refractivity contribution is 5.79. The molecule has 2 fully saturated rings. The van der Waals surface area contributed by atoms with Gasteiger partial charge in [0.25, 0.3) is 0 Å². The fraction of sp³-hybridized carbons (Fsp3) is 0.846. The average Bonchev–Trinajstić information content (AvgIpc) is 2.75. The van der Waals surface area contributed by atoms with Crippen LogP contribution in [0.2, 0.25) is 0 Å². The van der Waals surface area contributed by atoms with Gasteiger partial charge < -0.3 is 10.6 Å². The number of carbonyl (C=O) groups is 1. The predicted octanol–water partition coefficient (Wildman–Crippen LogP) is 0.233. The summed E-state index contributed by atoms with van der Waals surface area (Å²) in [5.41, 5.74) is -0.589. The maximum Gasteiger partial charge on any atom is 0.235 e. The summed E-state index contributed by atoms with van der Waals surface area (Å²) in [6, 6.07) is 2.77. The molecule has 18 heavy (non-hydrogen) atoms. The molecular weight excluding hydrogens is 228 g/mol. The summed E-state index contributed by atoms with van der Waals surface area (Å²) in [6.45, 7) is 5.28. The summed E-state index contributed by atoms with van der Waals surface area (Å²) in [5.74, 6) is -0.00722. The van der Waals surface area contributed by atoms with E-state index < -0.39 is 5.54 Å². The van der Waals surface area contributed by atoms with E-state index in [2.05, 4.69) is 28.5 Å². The van der Waals surface area contributed by atoms with Crippen LogP contribution in [0.4, 0.5) is 0 Å². The van der Waals surface area contributed by atoms with Gasteiger partial charge in [-0.1, -0.05) is 6.92 Å². The zero-order valence-electron chi connectivity index (χ0n) is 11.0. The maximum atomic E-state index is 12.1. The fourth-order valence-electron chi connectivity index (χ4n) is 2.76. The molecule has 0 radical (unpaired) electrons. The van der Waals surface area contributed by atoms with Crippen LogP contribution in [0.5, 0.6) is 0 Å². The summed E-state index contributed by atoms with van der Waals surface area (Å²) < 4.78 is 0. The van der Waals surface area contributed by atoms with E-state index in [1.165, 1.54) is 0 Å². The molecule has 0 aromatic heterocycles. The highest BCUT2D eigenvalue weighted by atomic mass is 16.2. The van der Waals surface area contributed by atoms with E-state index >= 15 is 0 Å². The minimum atomic E-state index is -0.589. The van der Waals surface area contributed by atoms with Gasteiger partial charge in [-0.3, -0.25) is 9.69 Å². The molecule has 0 aromatic rings. The molecule has 0 atom stereocenters. The van der Waals surface area contributed by atoms with Gasteiger partial charge >= 0.3 is 0 Å². The Morgan fingerprint density at radius 1 is 1.50 bits per heavy atom.